The normalized spacial score (nSPS) is 13.1. The van der Waals surface area contributed by atoms with E-state index >= 15 is 0 Å². The van der Waals surface area contributed by atoms with Crippen LogP contribution in [0.15, 0.2) is 4.34 Å². The number of aliphatic carboxylic acids is 1. The molecule has 0 radical (unpaired) electrons. The van der Waals surface area contributed by atoms with Gasteiger partial charge in [-0.2, -0.15) is 17.5 Å². The average molecular weight is 315 g/mol. The maximum Gasteiger partial charge on any atom is 0.452 e. The molecule has 1 rings (SSSR count). The number of carbonyl (C=O) groups is 2. The Kier molecular flexibility index (Phi) is 5.11. The molecular formula is C8H8F3N3O3S2. The molecule has 0 saturated heterocycles. The zero-order valence-corrected chi connectivity index (χ0v) is 11.0. The molecule has 0 aliphatic carbocycles. The van der Waals surface area contributed by atoms with Gasteiger partial charge in [0.1, 0.15) is 6.04 Å². The molecule has 2 N–H and O–H groups in total. The number of thioether (sulfide) groups is 1. The van der Waals surface area contributed by atoms with Crippen molar-refractivity contribution in [2.45, 2.75) is 23.5 Å². The number of carbonyl (C=O) groups excluding carboxylic acids is 1. The third kappa shape index (κ3) is 5.03. The highest BCUT2D eigenvalue weighted by molar-refractivity contribution is 8.01. The highest BCUT2D eigenvalue weighted by atomic mass is 32.2. The van der Waals surface area contributed by atoms with Crippen LogP contribution >= 0.6 is 23.3 Å². The van der Waals surface area contributed by atoms with Crippen LogP contribution in [0.5, 0.6) is 0 Å². The van der Waals surface area contributed by atoms with Crippen LogP contribution in [0.2, 0.25) is 0 Å². The second-order valence-corrected chi connectivity index (χ2v) is 5.30. The maximum absolute atomic E-state index is 12.2. The Balaban J connectivity index is 2.62. The van der Waals surface area contributed by atoms with E-state index < -0.39 is 29.9 Å². The first-order valence-electron chi connectivity index (χ1n) is 4.73. The summed E-state index contributed by atoms with van der Waals surface area (Å²) in [5.41, 5.74) is 0. The van der Waals surface area contributed by atoms with E-state index in [2.05, 4.69) is 14.7 Å². The summed E-state index contributed by atoms with van der Waals surface area (Å²) in [6.45, 7) is 1.15. The van der Waals surface area contributed by atoms with Gasteiger partial charge in [-0.05, 0) is 11.5 Å². The van der Waals surface area contributed by atoms with Crippen molar-refractivity contribution in [3.8, 4) is 0 Å². The number of hydrogen-bond acceptors (Lipinski definition) is 6. The van der Waals surface area contributed by atoms with E-state index in [1.54, 1.807) is 0 Å². The van der Waals surface area contributed by atoms with Gasteiger partial charge in [0.2, 0.25) is 11.7 Å². The zero-order chi connectivity index (χ0) is 14.6. The number of halogens is 3. The number of rotatable bonds is 5. The van der Waals surface area contributed by atoms with Gasteiger partial charge in [0.05, 0.1) is 0 Å². The first-order chi connectivity index (χ1) is 8.70. The van der Waals surface area contributed by atoms with Crippen molar-refractivity contribution in [2.24, 2.45) is 0 Å². The molecule has 0 aromatic carbocycles. The fourth-order valence-electron chi connectivity index (χ4n) is 0.958. The number of hydrogen-bond donors (Lipinski definition) is 2. The van der Waals surface area contributed by atoms with Crippen LogP contribution in [0.4, 0.5) is 13.2 Å². The molecule has 0 bridgehead atoms. The van der Waals surface area contributed by atoms with Gasteiger partial charge >= 0.3 is 12.1 Å². The Labute approximate surface area is 113 Å². The summed E-state index contributed by atoms with van der Waals surface area (Å²) in [6.07, 6.45) is -4.63. The summed E-state index contributed by atoms with van der Waals surface area (Å²) < 4.78 is 39.8. The van der Waals surface area contributed by atoms with Crippen molar-refractivity contribution >= 4 is 35.2 Å². The van der Waals surface area contributed by atoms with Crippen LogP contribution < -0.4 is 5.32 Å². The molecule has 11 heteroatoms. The van der Waals surface area contributed by atoms with Crippen molar-refractivity contribution in [2.75, 3.05) is 5.75 Å². The molecule has 0 saturated carbocycles. The van der Waals surface area contributed by atoms with Crippen molar-refractivity contribution in [3.05, 3.63) is 5.82 Å². The molecule has 6 nitrogen and oxygen atoms in total. The summed E-state index contributed by atoms with van der Waals surface area (Å²) in [5, 5.41) is 11.0. The van der Waals surface area contributed by atoms with E-state index in [4.69, 9.17) is 5.11 Å². The van der Waals surface area contributed by atoms with Gasteiger partial charge in [0, 0.05) is 12.7 Å². The van der Waals surface area contributed by atoms with Gasteiger partial charge in [-0.1, -0.05) is 11.8 Å². The first kappa shape index (κ1) is 15.7. The zero-order valence-electron chi connectivity index (χ0n) is 9.39. The topological polar surface area (TPSA) is 92.2 Å². The van der Waals surface area contributed by atoms with Crippen LogP contribution in [0.3, 0.4) is 0 Å². The second kappa shape index (κ2) is 6.19. The van der Waals surface area contributed by atoms with E-state index in [1.807, 2.05) is 0 Å². The lowest BCUT2D eigenvalue weighted by Gasteiger charge is -2.11. The van der Waals surface area contributed by atoms with E-state index in [0.717, 1.165) is 18.7 Å². The predicted molar refractivity (Wildman–Crippen MR) is 60.9 cm³/mol. The number of amides is 1. The average Bonchev–Trinajstić information content (AvgIpc) is 2.71. The Morgan fingerprint density at radius 3 is 2.58 bits per heavy atom. The minimum atomic E-state index is -4.63. The summed E-state index contributed by atoms with van der Waals surface area (Å²) in [4.78, 5) is 24.8. The largest absolute Gasteiger partial charge is 0.480 e. The molecule has 0 aliphatic heterocycles. The number of nitrogens with zero attached hydrogens (tertiary/aromatic N) is 2. The minimum absolute atomic E-state index is 0.0103. The molecule has 106 valence electrons. The standard InChI is InChI=1S/C8H8F3N3O3S2/c1-3(15)12-4(5(16)17)2-18-7-13-6(14-19-7)8(9,10)11/h4H,2H2,1H3,(H,12,15)(H,16,17). The Hall–Kier alpha value is -1.36. The molecular weight excluding hydrogens is 307 g/mol. The molecule has 1 aromatic heterocycles. The molecule has 19 heavy (non-hydrogen) atoms. The Bertz CT molecular complexity index is 477. The molecule has 1 heterocycles. The minimum Gasteiger partial charge on any atom is -0.480 e. The molecule has 0 aliphatic rings. The second-order valence-electron chi connectivity index (χ2n) is 3.28. The monoisotopic (exact) mass is 315 g/mol. The van der Waals surface area contributed by atoms with Gasteiger partial charge in [-0.15, -0.1) is 0 Å². The van der Waals surface area contributed by atoms with Gasteiger partial charge < -0.3 is 10.4 Å². The van der Waals surface area contributed by atoms with E-state index in [1.165, 1.54) is 0 Å². The SMILES string of the molecule is CC(=O)NC(CSc1nc(C(F)(F)F)ns1)C(=O)O. The summed E-state index contributed by atoms with van der Waals surface area (Å²) in [7, 11) is 0. The van der Waals surface area contributed by atoms with Gasteiger partial charge in [-0.25, -0.2) is 9.78 Å². The van der Waals surface area contributed by atoms with Gasteiger partial charge in [0.25, 0.3) is 0 Å². The smallest absolute Gasteiger partial charge is 0.452 e. The van der Waals surface area contributed by atoms with Crippen LogP contribution in [0, 0.1) is 0 Å². The van der Waals surface area contributed by atoms with Crippen LogP contribution in [-0.4, -0.2) is 38.1 Å². The van der Waals surface area contributed by atoms with Crippen molar-refractivity contribution in [3.63, 3.8) is 0 Å². The van der Waals surface area contributed by atoms with Crippen LogP contribution in [0.1, 0.15) is 12.7 Å². The fourth-order valence-corrected chi connectivity index (χ4v) is 2.61. The molecule has 1 aromatic rings. The number of nitrogens with one attached hydrogen (secondary N) is 1. The number of aromatic nitrogens is 2. The van der Waals surface area contributed by atoms with Gasteiger partial charge in [-0.3, -0.25) is 4.79 Å². The maximum atomic E-state index is 12.2. The Morgan fingerprint density at radius 2 is 2.16 bits per heavy atom. The first-order valence-corrected chi connectivity index (χ1v) is 6.49. The molecule has 0 spiro atoms. The van der Waals surface area contributed by atoms with Crippen LogP contribution in [0.25, 0.3) is 0 Å². The molecule has 1 atom stereocenters. The van der Waals surface area contributed by atoms with E-state index in [9.17, 15) is 22.8 Å². The lowest BCUT2D eigenvalue weighted by atomic mass is 10.3. The highest BCUT2D eigenvalue weighted by Gasteiger charge is 2.36. The summed E-state index contributed by atoms with van der Waals surface area (Å²) in [5.74, 6) is -3.21. The fraction of sp³-hybridized carbons (Fsp3) is 0.500. The Morgan fingerprint density at radius 1 is 1.53 bits per heavy atom. The summed E-state index contributed by atoms with van der Waals surface area (Å²) >= 11 is 1.31. The van der Waals surface area contributed by atoms with Crippen molar-refractivity contribution in [1.82, 2.24) is 14.7 Å². The number of carboxylic acids is 1. The van der Waals surface area contributed by atoms with Crippen molar-refractivity contribution < 1.29 is 27.9 Å². The lowest BCUT2D eigenvalue weighted by molar-refractivity contribution is -0.144. The molecule has 1 unspecified atom stereocenters. The van der Waals surface area contributed by atoms with E-state index in [-0.39, 0.29) is 10.1 Å². The van der Waals surface area contributed by atoms with Gasteiger partial charge in [0.15, 0.2) is 4.34 Å². The summed E-state index contributed by atoms with van der Waals surface area (Å²) in [6, 6.07) is -1.19. The molecule has 1 amide bonds. The predicted octanol–water partition coefficient (Wildman–Crippen LogP) is 1.24. The quantitative estimate of drug-likeness (QED) is 0.794. The number of alkyl halides is 3. The van der Waals surface area contributed by atoms with Crippen molar-refractivity contribution in [1.29, 1.82) is 0 Å². The third-order valence-electron chi connectivity index (χ3n) is 1.71. The molecule has 0 fully saturated rings. The highest BCUT2D eigenvalue weighted by Crippen LogP contribution is 2.30. The lowest BCUT2D eigenvalue weighted by Crippen LogP contribution is -2.41. The van der Waals surface area contributed by atoms with E-state index in [0.29, 0.717) is 11.5 Å². The van der Waals surface area contributed by atoms with Crippen LogP contribution in [-0.2, 0) is 15.8 Å². The number of carboxylic acid groups (broad SMARTS) is 1. The third-order valence-corrected chi connectivity index (χ3v) is 3.64.